The van der Waals surface area contributed by atoms with Crippen molar-refractivity contribution in [2.75, 3.05) is 23.3 Å². The molecule has 1 saturated heterocycles. The average Bonchev–Trinajstić information content (AvgIpc) is 2.74. The maximum absolute atomic E-state index is 12.2. The van der Waals surface area contributed by atoms with Crippen molar-refractivity contribution in [2.24, 2.45) is 11.0 Å². The highest BCUT2D eigenvalue weighted by molar-refractivity contribution is 5.96. The highest BCUT2D eigenvalue weighted by Crippen LogP contribution is 2.32. The van der Waals surface area contributed by atoms with Crippen LogP contribution in [0.25, 0.3) is 0 Å². The Morgan fingerprint density at radius 3 is 2.45 bits per heavy atom. The zero-order chi connectivity index (χ0) is 22.4. The Morgan fingerprint density at radius 2 is 1.84 bits per heavy atom. The van der Waals surface area contributed by atoms with Crippen LogP contribution in [0.1, 0.15) is 42.6 Å². The third-order valence-electron chi connectivity index (χ3n) is 5.17. The first-order chi connectivity index (χ1) is 14.8. The van der Waals surface area contributed by atoms with Crippen LogP contribution in [0.5, 0.6) is 0 Å². The van der Waals surface area contributed by atoms with Gasteiger partial charge in [0.05, 0.1) is 11.1 Å². The van der Waals surface area contributed by atoms with Crippen LogP contribution < -0.4 is 15.6 Å². The van der Waals surface area contributed by atoms with E-state index in [1.54, 1.807) is 36.4 Å². The topological polar surface area (TPSA) is 117 Å². The fraction of sp³-hybridized carbons (Fsp3) is 0.318. The van der Waals surface area contributed by atoms with Gasteiger partial charge in [0.15, 0.2) is 0 Å². The number of piperidine rings is 1. The third-order valence-corrected chi connectivity index (χ3v) is 5.17. The van der Waals surface area contributed by atoms with Crippen molar-refractivity contribution < 1.29 is 14.5 Å². The average molecular weight is 423 g/mol. The summed E-state index contributed by atoms with van der Waals surface area (Å²) < 4.78 is 0. The Morgan fingerprint density at radius 1 is 1.16 bits per heavy atom. The number of amides is 2. The van der Waals surface area contributed by atoms with Gasteiger partial charge in [0.25, 0.3) is 11.6 Å². The zero-order valence-electron chi connectivity index (χ0n) is 17.5. The molecule has 0 atom stereocenters. The van der Waals surface area contributed by atoms with Crippen LogP contribution in [0.3, 0.4) is 0 Å². The molecular weight excluding hydrogens is 398 g/mol. The van der Waals surface area contributed by atoms with E-state index in [1.807, 2.05) is 4.90 Å². The molecule has 0 saturated carbocycles. The molecule has 9 nitrogen and oxygen atoms in total. The number of nitrogens with zero attached hydrogens (tertiary/aromatic N) is 3. The Hall–Kier alpha value is -3.75. The number of rotatable bonds is 6. The Labute approximate surface area is 180 Å². The number of nitrogens with one attached hydrogen (secondary N) is 2. The number of hydrogen-bond acceptors (Lipinski definition) is 6. The molecule has 31 heavy (non-hydrogen) atoms. The summed E-state index contributed by atoms with van der Waals surface area (Å²) in [4.78, 5) is 36.5. The van der Waals surface area contributed by atoms with Crippen LogP contribution in [0, 0.1) is 16.0 Å². The van der Waals surface area contributed by atoms with Crippen molar-refractivity contribution in [2.45, 2.75) is 26.7 Å². The lowest BCUT2D eigenvalue weighted by Crippen LogP contribution is -2.33. The third kappa shape index (κ3) is 5.88. The highest BCUT2D eigenvalue weighted by Gasteiger charge is 2.23. The highest BCUT2D eigenvalue weighted by atomic mass is 16.6. The minimum Gasteiger partial charge on any atom is -0.366 e. The molecule has 2 N–H and O–H groups in total. The van der Waals surface area contributed by atoms with Crippen molar-refractivity contribution in [1.29, 1.82) is 0 Å². The van der Waals surface area contributed by atoms with Gasteiger partial charge in [-0.25, -0.2) is 5.43 Å². The van der Waals surface area contributed by atoms with Crippen LogP contribution >= 0.6 is 0 Å². The minimum atomic E-state index is -0.431. The lowest BCUT2D eigenvalue weighted by Gasteiger charge is -2.31. The van der Waals surface area contributed by atoms with Crippen LogP contribution in [0.2, 0.25) is 0 Å². The van der Waals surface area contributed by atoms with Gasteiger partial charge in [0.1, 0.15) is 5.69 Å². The van der Waals surface area contributed by atoms with Gasteiger partial charge in [-0.15, -0.1) is 0 Å². The van der Waals surface area contributed by atoms with E-state index in [-0.39, 0.29) is 16.5 Å². The molecule has 0 unspecified atom stereocenters. The molecule has 0 aliphatic carbocycles. The van der Waals surface area contributed by atoms with Crippen LogP contribution in [-0.4, -0.2) is 36.0 Å². The fourth-order valence-corrected chi connectivity index (χ4v) is 3.42. The van der Waals surface area contributed by atoms with Gasteiger partial charge >= 0.3 is 0 Å². The molecule has 1 aliphatic heterocycles. The van der Waals surface area contributed by atoms with Gasteiger partial charge in [-0.3, -0.25) is 19.7 Å². The van der Waals surface area contributed by atoms with Gasteiger partial charge in [0, 0.05) is 42.9 Å². The van der Waals surface area contributed by atoms with Crippen LogP contribution in [0.15, 0.2) is 47.6 Å². The Bertz CT molecular complexity index is 995. The standard InChI is InChI=1S/C22H25N5O4/c1-15-9-11-26(12-10-15)20-8-3-17(13-21(20)27(30)31)14-23-25-22(29)18-4-6-19(7-5-18)24-16(2)28/h3-8,13-15H,9-12H2,1-2H3,(H,24,28)(H,25,29)/b23-14-. The van der Waals surface area contributed by atoms with E-state index >= 15 is 0 Å². The van der Waals surface area contributed by atoms with Crippen molar-refractivity contribution in [1.82, 2.24) is 5.43 Å². The van der Waals surface area contributed by atoms with Crippen LogP contribution in [0.4, 0.5) is 17.1 Å². The quantitative estimate of drug-likeness (QED) is 0.419. The number of carbonyl (C=O) groups excluding carboxylic acids is 2. The summed E-state index contributed by atoms with van der Waals surface area (Å²) in [5.41, 5.74) is 4.51. The molecule has 3 rings (SSSR count). The van der Waals surface area contributed by atoms with Crippen molar-refractivity contribution in [3.05, 3.63) is 63.7 Å². The lowest BCUT2D eigenvalue weighted by molar-refractivity contribution is -0.384. The molecule has 1 fully saturated rings. The number of nitro groups is 1. The first-order valence-electron chi connectivity index (χ1n) is 10.1. The molecule has 1 heterocycles. The summed E-state index contributed by atoms with van der Waals surface area (Å²) in [6.07, 6.45) is 3.40. The van der Waals surface area contributed by atoms with Crippen LogP contribution in [-0.2, 0) is 4.79 Å². The fourth-order valence-electron chi connectivity index (χ4n) is 3.42. The normalized spacial score (nSPS) is 14.5. The van der Waals surface area contributed by atoms with Gasteiger partial charge in [-0.05, 0) is 49.1 Å². The Kier molecular flexibility index (Phi) is 6.96. The predicted molar refractivity (Wildman–Crippen MR) is 120 cm³/mol. The molecule has 0 radical (unpaired) electrons. The zero-order valence-corrected chi connectivity index (χ0v) is 17.5. The summed E-state index contributed by atoms with van der Waals surface area (Å²) in [5, 5.41) is 18.1. The van der Waals surface area contributed by atoms with E-state index < -0.39 is 5.91 Å². The first kappa shape index (κ1) is 21.9. The smallest absolute Gasteiger partial charge is 0.293 e. The number of nitro benzene ring substituents is 1. The molecule has 9 heteroatoms. The SMILES string of the molecule is CC(=O)Nc1ccc(C(=O)N/N=C\c2ccc(N3CCC(C)CC3)c([N+](=O)[O-])c2)cc1. The monoisotopic (exact) mass is 423 g/mol. The summed E-state index contributed by atoms with van der Waals surface area (Å²) in [5.74, 6) is 0.00265. The number of anilines is 2. The molecule has 2 amide bonds. The van der Waals surface area contributed by atoms with Gasteiger partial charge in [0.2, 0.25) is 5.91 Å². The summed E-state index contributed by atoms with van der Waals surface area (Å²) in [7, 11) is 0. The van der Waals surface area contributed by atoms with Crippen molar-refractivity contribution >= 4 is 35.1 Å². The van der Waals surface area contributed by atoms with E-state index in [2.05, 4.69) is 22.8 Å². The largest absolute Gasteiger partial charge is 0.366 e. The van der Waals surface area contributed by atoms with Gasteiger partial charge < -0.3 is 10.2 Å². The molecule has 2 aromatic rings. The molecule has 0 aromatic heterocycles. The molecular formula is C22H25N5O4. The maximum Gasteiger partial charge on any atom is 0.293 e. The van der Waals surface area contributed by atoms with E-state index in [1.165, 1.54) is 19.2 Å². The molecule has 162 valence electrons. The number of hydrazone groups is 1. The second-order valence-electron chi connectivity index (χ2n) is 7.63. The number of carbonyl (C=O) groups is 2. The molecule has 2 aromatic carbocycles. The summed E-state index contributed by atoms with van der Waals surface area (Å²) in [6.45, 7) is 5.19. The number of hydrogen-bond donors (Lipinski definition) is 2. The van der Waals surface area contributed by atoms with Crippen molar-refractivity contribution in [3.8, 4) is 0 Å². The van der Waals surface area contributed by atoms with Gasteiger partial charge in [-0.1, -0.05) is 13.0 Å². The lowest BCUT2D eigenvalue weighted by atomic mass is 9.98. The Balaban J connectivity index is 1.66. The summed E-state index contributed by atoms with van der Waals surface area (Å²) >= 11 is 0. The van der Waals surface area contributed by atoms with E-state index in [9.17, 15) is 19.7 Å². The summed E-state index contributed by atoms with van der Waals surface area (Å²) in [6, 6.07) is 11.3. The molecule has 0 bridgehead atoms. The molecule has 1 aliphatic rings. The second kappa shape index (κ2) is 9.84. The van der Waals surface area contributed by atoms with E-state index in [0.717, 1.165) is 25.9 Å². The van der Waals surface area contributed by atoms with Crippen molar-refractivity contribution in [3.63, 3.8) is 0 Å². The number of benzene rings is 2. The first-order valence-corrected chi connectivity index (χ1v) is 10.1. The predicted octanol–water partition coefficient (Wildman–Crippen LogP) is 3.55. The minimum absolute atomic E-state index is 0.0263. The maximum atomic E-state index is 12.2. The van der Waals surface area contributed by atoms with E-state index in [4.69, 9.17) is 0 Å². The molecule has 0 spiro atoms. The second-order valence-corrected chi connectivity index (χ2v) is 7.63. The van der Waals surface area contributed by atoms with E-state index in [0.29, 0.717) is 28.4 Å². The van der Waals surface area contributed by atoms with Gasteiger partial charge in [-0.2, -0.15) is 5.10 Å².